The summed E-state index contributed by atoms with van der Waals surface area (Å²) in [4.78, 5) is 0. The molecule has 2 rings (SSSR count). The van der Waals surface area contributed by atoms with Crippen molar-refractivity contribution in [3.8, 4) is 0 Å². The second-order valence-electron chi connectivity index (χ2n) is 7.46. The molecule has 0 N–H and O–H groups in total. The van der Waals surface area contributed by atoms with Crippen molar-refractivity contribution in [3.05, 3.63) is 12.7 Å². The first-order chi connectivity index (χ1) is 10.3. The van der Waals surface area contributed by atoms with Gasteiger partial charge >= 0.3 is 0 Å². The van der Waals surface area contributed by atoms with Crippen molar-refractivity contribution in [2.24, 2.45) is 17.8 Å². The number of rotatable bonds is 8. The topological polar surface area (TPSA) is 9.23 Å². The van der Waals surface area contributed by atoms with Gasteiger partial charge in [0.05, 0.1) is 6.10 Å². The van der Waals surface area contributed by atoms with Gasteiger partial charge in [0.1, 0.15) is 0 Å². The quantitative estimate of drug-likeness (QED) is 0.386. The molecule has 1 heteroatoms. The summed E-state index contributed by atoms with van der Waals surface area (Å²) in [5.41, 5.74) is 0. The van der Waals surface area contributed by atoms with Gasteiger partial charge in [-0.2, -0.15) is 0 Å². The molecule has 0 radical (unpaired) electrons. The molecule has 2 saturated carbocycles. The molecular formula is C20H36O. The van der Waals surface area contributed by atoms with Gasteiger partial charge in [0.2, 0.25) is 0 Å². The van der Waals surface area contributed by atoms with Crippen LogP contribution < -0.4 is 0 Å². The molecular weight excluding hydrogens is 256 g/mol. The molecule has 0 aliphatic heterocycles. The molecule has 0 heterocycles. The largest absolute Gasteiger partial charge is 0.378 e. The van der Waals surface area contributed by atoms with Gasteiger partial charge in [0.25, 0.3) is 0 Å². The van der Waals surface area contributed by atoms with Crippen LogP contribution in [0, 0.1) is 17.8 Å². The molecule has 0 aromatic rings. The van der Waals surface area contributed by atoms with Crippen molar-refractivity contribution in [3.63, 3.8) is 0 Å². The lowest BCUT2D eigenvalue weighted by atomic mass is 9.77. The molecule has 122 valence electrons. The molecule has 21 heavy (non-hydrogen) atoms. The second-order valence-corrected chi connectivity index (χ2v) is 7.46. The Bertz CT molecular complexity index is 270. The van der Waals surface area contributed by atoms with Gasteiger partial charge in [-0.1, -0.05) is 32.3 Å². The molecule has 0 unspecified atom stereocenters. The Kier molecular flexibility index (Phi) is 7.85. The van der Waals surface area contributed by atoms with Crippen molar-refractivity contribution in [1.82, 2.24) is 0 Å². The van der Waals surface area contributed by atoms with E-state index in [4.69, 9.17) is 4.74 Å². The van der Waals surface area contributed by atoms with Gasteiger partial charge in [-0.05, 0) is 75.5 Å². The summed E-state index contributed by atoms with van der Waals surface area (Å²) in [6.07, 6.45) is 19.4. The van der Waals surface area contributed by atoms with Crippen LogP contribution in [0.2, 0.25) is 0 Å². The molecule has 0 saturated heterocycles. The summed E-state index contributed by atoms with van der Waals surface area (Å²) in [6, 6.07) is 0. The minimum absolute atomic E-state index is 0.579. The van der Waals surface area contributed by atoms with Crippen LogP contribution in [0.1, 0.15) is 84.0 Å². The van der Waals surface area contributed by atoms with E-state index in [9.17, 15) is 0 Å². The highest BCUT2D eigenvalue weighted by Gasteiger charge is 2.24. The van der Waals surface area contributed by atoms with Crippen molar-refractivity contribution in [1.29, 1.82) is 0 Å². The highest BCUT2D eigenvalue weighted by Crippen LogP contribution is 2.35. The zero-order valence-corrected chi connectivity index (χ0v) is 14.2. The van der Waals surface area contributed by atoms with Gasteiger partial charge in [0, 0.05) is 6.61 Å². The Morgan fingerprint density at radius 1 is 0.905 bits per heavy atom. The van der Waals surface area contributed by atoms with Gasteiger partial charge in [0.15, 0.2) is 0 Å². The first kappa shape index (κ1) is 17.1. The van der Waals surface area contributed by atoms with Gasteiger partial charge in [-0.25, -0.2) is 0 Å². The summed E-state index contributed by atoms with van der Waals surface area (Å²) in [6.45, 7) is 7.17. The zero-order valence-electron chi connectivity index (χ0n) is 14.2. The van der Waals surface area contributed by atoms with Crippen molar-refractivity contribution in [2.75, 3.05) is 6.61 Å². The van der Waals surface area contributed by atoms with E-state index in [0.29, 0.717) is 6.10 Å². The lowest BCUT2D eigenvalue weighted by Gasteiger charge is -2.31. The van der Waals surface area contributed by atoms with E-state index in [-0.39, 0.29) is 0 Å². The Morgan fingerprint density at radius 2 is 1.48 bits per heavy atom. The van der Waals surface area contributed by atoms with Gasteiger partial charge in [-0.15, -0.1) is 6.58 Å². The van der Waals surface area contributed by atoms with Crippen LogP contribution in [0.5, 0.6) is 0 Å². The standard InChI is InChI=1S/C20H36O/c1-3-5-16-21-20-14-12-19(13-15-20)11-10-18-8-6-17(4-2)7-9-18/h4,17-20H,2-3,5-16H2,1H3. The van der Waals surface area contributed by atoms with Crippen LogP contribution in [0.15, 0.2) is 12.7 Å². The SMILES string of the molecule is C=CC1CCC(CCC2CCC(OCCCC)CC2)CC1. The first-order valence-corrected chi connectivity index (χ1v) is 9.56. The van der Waals surface area contributed by atoms with E-state index in [1.54, 1.807) is 0 Å². The number of hydrogen-bond acceptors (Lipinski definition) is 1. The van der Waals surface area contributed by atoms with Crippen molar-refractivity contribution in [2.45, 2.75) is 90.1 Å². The Labute approximate surface area is 132 Å². The Balaban J connectivity index is 1.54. The minimum Gasteiger partial charge on any atom is -0.378 e. The average molecular weight is 293 g/mol. The molecule has 2 fully saturated rings. The summed E-state index contributed by atoms with van der Waals surface area (Å²) in [5, 5.41) is 0. The Morgan fingerprint density at radius 3 is 2.00 bits per heavy atom. The molecule has 2 aliphatic carbocycles. The summed E-state index contributed by atoms with van der Waals surface area (Å²) in [5.74, 6) is 2.82. The minimum atomic E-state index is 0.579. The highest BCUT2D eigenvalue weighted by molar-refractivity contribution is 4.84. The van der Waals surface area contributed by atoms with Gasteiger partial charge in [-0.3, -0.25) is 0 Å². The molecule has 2 aliphatic rings. The lowest BCUT2D eigenvalue weighted by Crippen LogP contribution is -2.23. The third-order valence-electron chi connectivity index (χ3n) is 5.85. The predicted octanol–water partition coefficient (Wildman–Crippen LogP) is 6.13. The average Bonchev–Trinajstić information content (AvgIpc) is 2.55. The maximum Gasteiger partial charge on any atom is 0.0575 e. The first-order valence-electron chi connectivity index (χ1n) is 9.56. The fourth-order valence-electron chi connectivity index (χ4n) is 4.17. The normalized spacial score (nSPS) is 33.8. The van der Waals surface area contributed by atoms with Crippen molar-refractivity contribution < 1.29 is 4.74 Å². The monoisotopic (exact) mass is 292 g/mol. The van der Waals surface area contributed by atoms with E-state index in [2.05, 4.69) is 19.6 Å². The number of hydrogen-bond donors (Lipinski definition) is 0. The molecule has 0 amide bonds. The van der Waals surface area contributed by atoms with Crippen molar-refractivity contribution >= 4 is 0 Å². The summed E-state index contributed by atoms with van der Waals surface area (Å²) >= 11 is 0. The molecule has 0 aromatic heterocycles. The third-order valence-corrected chi connectivity index (χ3v) is 5.85. The van der Waals surface area contributed by atoms with E-state index < -0.39 is 0 Å². The van der Waals surface area contributed by atoms with Crippen LogP contribution in [0.25, 0.3) is 0 Å². The summed E-state index contributed by atoms with van der Waals surface area (Å²) < 4.78 is 5.98. The summed E-state index contributed by atoms with van der Waals surface area (Å²) in [7, 11) is 0. The molecule has 0 spiro atoms. The van der Waals surface area contributed by atoms with Crippen LogP contribution in [-0.4, -0.2) is 12.7 Å². The fraction of sp³-hybridized carbons (Fsp3) is 0.900. The second kappa shape index (κ2) is 9.66. The van der Waals surface area contributed by atoms with Crippen LogP contribution in [0.4, 0.5) is 0 Å². The zero-order chi connectivity index (χ0) is 14.9. The fourth-order valence-corrected chi connectivity index (χ4v) is 4.17. The predicted molar refractivity (Wildman–Crippen MR) is 91.5 cm³/mol. The third kappa shape index (κ3) is 6.14. The van der Waals surface area contributed by atoms with E-state index in [0.717, 1.165) is 24.4 Å². The van der Waals surface area contributed by atoms with Crippen LogP contribution >= 0.6 is 0 Å². The van der Waals surface area contributed by atoms with Crippen LogP contribution in [0.3, 0.4) is 0 Å². The number of ether oxygens (including phenoxy) is 1. The van der Waals surface area contributed by atoms with Gasteiger partial charge < -0.3 is 4.74 Å². The maximum atomic E-state index is 5.98. The van der Waals surface area contributed by atoms with E-state index in [1.165, 1.54) is 77.0 Å². The number of allylic oxidation sites excluding steroid dienone is 1. The molecule has 0 bridgehead atoms. The molecule has 0 atom stereocenters. The molecule has 0 aromatic carbocycles. The molecule has 1 nitrogen and oxygen atoms in total. The van der Waals surface area contributed by atoms with E-state index >= 15 is 0 Å². The maximum absolute atomic E-state index is 5.98. The van der Waals surface area contributed by atoms with E-state index in [1.807, 2.05) is 0 Å². The lowest BCUT2D eigenvalue weighted by molar-refractivity contribution is 0.0151. The Hall–Kier alpha value is -0.300. The smallest absolute Gasteiger partial charge is 0.0575 e. The van der Waals surface area contributed by atoms with Crippen LogP contribution in [-0.2, 0) is 4.74 Å². The number of unbranched alkanes of at least 4 members (excludes halogenated alkanes) is 1. The highest BCUT2D eigenvalue weighted by atomic mass is 16.5.